The third kappa shape index (κ3) is 4.49. The highest BCUT2D eigenvalue weighted by Crippen LogP contribution is 2.06. The number of hydrogen-bond donors (Lipinski definition) is 1. The molecule has 0 aliphatic rings. The van der Waals surface area contributed by atoms with Gasteiger partial charge < -0.3 is 9.90 Å². The molecule has 0 aromatic rings. The van der Waals surface area contributed by atoms with Crippen LogP contribution in [-0.2, 0) is 9.59 Å². The molecule has 0 aromatic heterocycles. The lowest BCUT2D eigenvalue weighted by atomic mass is 10.1. The van der Waals surface area contributed by atoms with Crippen molar-refractivity contribution in [3.8, 4) is 0 Å². The van der Waals surface area contributed by atoms with Crippen molar-refractivity contribution in [3.05, 3.63) is 0 Å². The van der Waals surface area contributed by atoms with E-state index in [0.29, 0.717) is 11.8 Å². The number of aliphatic carboxylic acids is 1. The summed E-state index contributed by atoms with van der Waals surface area (Å²) >= 11 is 3.10. The molecule has 0 rings (SSSR count). The van der Waals surface area contributed by atoms with Gasteiger partial charge in [0.15, 0.2) is 0 Å². The Hall–Kier alpha value is -0.380. The zero-order chi connectivity index (χ0) is 7.98. The fourth-order valence-electron chi connectivity index (χ4n) is 0.490. The van der Waals surface area contributed by atoms with Gasteiger partial charge in [0, 0.05) is 17.7 Å². The standard InChI is InChI=1S/C6H9BrO3/c7-3-5(4-8)1-2-6(9)10/h4-5H,1-3H2,(H,9,10). The first-order valence-electron chi connectivity index (χ1n) is 2.93. The summed E-state index contributed by atoms with van der Waals surface area (Å²) in [5, 5.41) is 8.77. The highest BCUT2D eigenvalue weighted by atomic mass is 79.9. The van der Waals surface area contributed by atoms with Crippen LogP contribution in [0.5, 0.6) is 0 Å². The van der Waals surface area contributed by atoms with Gasteiger partial charge in [-0.1, -0.05) is 15.9 Å². The molecular weight excluding hydrogens is 200 g/mol. The molecule has 10 heavy (non-hydrogen) atoms. The first kappa shape index (κ1) is 9.62. The molecule has 0 radical (unpaired) electrons. The maximum Gasteiger partial charge on any atom is 0.303 e. The quantitative estimate of drug-likeness (QED) is 0.544. The van der Waals surface area contributed by atoms with Gasteiger partial charge in [0.2, 0.25) is 0 Å². The number of carboxylic acids is 1. The zero-order valence-electron chi connectivity index (χ0n) is 5.42. The van der Waals surface area contributed by atoms with Gasteiger partial charge in [0.25, 0.3) is 0 Å². The molecule has 4 heteroatoms. The number of halogens is 1. The molecule has 1 atom stereocenters. The van der Waals surface area contributed by atoms with Gasteiger partial charge in [-0.2, -0.15) is 0 Å². The molecule has 3 nitrogen and oxygen atoms in total. The number of carbonyl (C=O) groups excluding carboxylic acids is 1. The molecular formula is C6H9BrO3. The van der Waals surface area contributed by atoms with E-state index in [1.807, 2.05) is 0 Å². The largest absolute Gasteiger partial charge is 0.481 e. The summed E-state index contributed by atoms with van der Waals surface area (Å²) in [6, 6.07) is 0. The fourth-order valence-corrected chi connectivity index (χ4v) is 0.967. The van der Waals surface area contributed by atoms with Gasteiger partial charge in [-0.25, -0.2) is 0 Å². The summed E-state index contributed by atoms with van der Waals surface area (Å²) in [6.07, 6.45) is 1.26. The number of alkyl halides is 1. The topological polar surface area (TPSA) is 54.4 Å². The van der Waals surface area contributed by atoms with Crippen molar-refractivity contribution < 1.29 is 14.7 Å². The van der Waals surface area contributed by atoms with Crippen LogP contribution in [0.1, 0.15) is 12.8 Å². The fraction of sp³-hybridized carbons (Fsp3) is 0.667. The van der Waals surface area contributed by atoms with Crippen LogP contribution in [0.4, 0.5) is 0 Å². The first-order chi connectivity index (χ1) is 4.70. The van der Waals surface area contributed by atoms with E-state index in [9.17, 15) is 9.59 Å². The van der Waals surface area contributed by atoms with Crippen molar-refractivity contribution in [1.82, 2.24) is 0 Å². The summed E-state index contributed by atoms with van der Waals surface area (Å²) in [4.78, 5) is 20.1. The maximum absolute atomic E-state index is 10.1. The molecule has 1 N–H and O–H groups in total. The van der Waals surface area contributed by atoms with Crippen LogP contribution in [0, 0.1) is 5.92 Å². The first-order valence-corrected chi connectivity index (χ1v) is 4.06. The van der Waals surface area contributed by atoms with Crippen LogP contribution in [-0.4, -0.2) is 22.7 Å². The van der Waals surface area contributed by atoms with Gasteiger partial charge in [-0.05, 0) is 6.42 Å². The van der Waals surface area contributed by atoms with Crippen molar-refractivity contribution in [2.24, 2.45) is 5.92 Å². The molecule has 0 aromatic carbocycles. The Morgan fingerprint density at radius 3 is 2.60 bits per heavy atom. The number of carbonyl (C=O) groups is 2. The number of aldehydes is 1. The monoisotopic (exact) mass is 208 g/mol. The molecule has 0 aliphatic carbocycles. The summed E-state index contributed by atoms with van der Waals surface area (Å²) in [5.41, 5.74) is 0. The Balaban J connectivity index is 3.44. The van der Waals surface area contributed by atoms with Gasteiger partial charge >= 0.3 is 5.97 Å². The van der Waals surface area contributed by atoms with E-state index in [4.69, 9.17) is 5.11 Å². The summed E-state index contributed by atoms with van der Waals surface area (Å²) in [6.45, 7) is 0. The lowest BCUT2D eigenvalue weighted by Crippen LogP contribution is -2.06. The molecule has 0 aliphatic heterocycles. The third-order valence-corrected chi connectivity index (χ3v) is 1.95. The minimum Gasteiger partial charge on any atom is -0.481 e. The van der Waals surface area contributed by atoms with Crippen LogP contribution in [0.3, 0.4) is 0 Å². The van der Waals surface area contributed by atoms with Crippen molar-refractivity contribution in [2.45, 2.75) is 12.8 Å². The van der Waals surface area contributed by atoms with Crippen molar-refractivity contribution in [2.75, 3.05) is 5.33 Å². The predicted molar refractivity (Wildman–Crippen MR) is 40.2 cm³/mol. The number of hydrogen-bond acceptors (Lipinski definition) is 2. The lowest BCUT2D eigenvalue weighted by Gasteiger charge is -2.01. The lowest BCUT2D eigenvalue weighted by molar-refractivity contribution is -0.137. The second-order valence-corrected chi connectivity index (χ2v) is 2.63. The summed E-state index contributed by atoms with van der Waals surface area (Å²) < 4.78 is 0. The minimum atomic E-state index is -0.854. The Bertz CT molecular complexity index is 124. The smallest absolute Gasteiger partial charge is 0.303 e. The van der Waals surface area contributed by atoms with Crippen LogP contribution in [0.15, 0.2) is 0 Å². The predicted octanol–water partition coefficient (Wildman–Crippen LogP) is 1.06. The average molecular weight is 209 g/mol. The molecule has 0 saturated heterocycles. The Morgan fingerprint density at radius 2 is 2.30 bits per heavy atom. The van der Waals surface area contributed by atoms with E-state index in [1.165, 1.54) is 0 Å². The van der Waals surface area contributed by atoms with Gasteiger partial charge in [-0.3, -0.25) is 4.79 Å². The van der Waals surface area contributed by atoms with E-state index in [-0.39, 0.29) is 12.3 Å². The minimum absolute atomic E-state index is 0.0645. The number of rotatable bonds is 5. The molecule has 0 spiro atoms. The molecule has 0 saturated carbocycles. The Morgan fingerprint density at radius 1 is 1.70 bits per heavy atom. The van der Waals surface area contributed by atoms with E-state index in [2.05, 4.69) is 15.9 Å². The van der Waals surface area contributed by atoms with Crippen LogP contribution in [0.2, 0.25) is 0 Å². The highest BCUT2D eigenvalue weighted by Gasteiger charge is 2.06. The number of carboxylic acid groups (broad SMARTS) is 1. The second-order valence-electron chi connectivity index (χ2n) is 1.98. The van der Waals surface area contributed by atoms with Crippen molar-refractivity contribution >= 4 is 28.2 Å². The van der Waals surface area contributed by atoms with Crippen molar-refractivity contribution in [1.29, 1.82) is 0 Å². The van der Waals surface area contributed by atoms with E-state index < -0.39 is 5.97 Å². The normalized spacial score (nSPS) is 12.5. The average Bonchev–Trinajstić information content (AvgIpc) is 1.90. The molecule has 58 valence electrons. The van der Waals surface area contributed by atoms with Gasteiger partial charge in [-0.15, -0.1) is 0 Å². The van der Waals surface area contributed by atoms with E-state index >= 15 is 0 Å². The zero-order valence-corrected chi connectivity index (χ0v) is 7.00. The molecule has 0 amide bonds. The molecule has 0 bridgehead atoms. The molecule has 0 heterocycles. The third-order valence-electron chi connectivity index (χ3n) is 1.12. The Labute approximate surface area is 67.5 Å². The SMILES string of the molecule is O=CC(CBr)CCC(=O)O. The van der Waals surface area contributed by atoms with Crippen molar-refractivity contribution in [3.63, 3.8) is 0 Å². The highest BCUT2D eigenvalue weighted by molar-refractivity contribution is 9.09. The van der Waals surface area contributed by atoms with E-state index in [1.54, 1.807) is 0 Å². The second kappa shape index (κ2) is 5.41. The van der Waals surface area contributed by atoms with Gasteiger partial charge in [0.05, 0.1) is 0 Å². The van der Waals surface area contributed by atoms with E-state index in [0.717, 1.165) is 6.29 Å². The molecule has 1 unspecified atom stereocenters. The maximum atomic E-state index is 10.1. The van der Waals surface area contributed by atoms with Crippen LogP contribution >= 0.6 is 15.9 Å². The summed E-state index contributed by atoms with van der Waals surface area (Å²) in [7, 11) is 0. The Kier molecular flexibility index (Phi) is 5.20. The van der Waals surface area contributed by atoms with Crippen LogP contribution in [0.25, 0.3) is 0 Å². The van der Waals surface area contributed by atoms with Crippen LogP contribution < -0.4 is 0 Å². The summed E-state index contributed by atoms with van der Waals surface area (Å²) in [5.74, 6) is -1.01. The molecule has 0 fully saturated rings. The van der Waals surface area contributed by atoms with Gasteiger partial charge in [0.1, 0.15) is 6.29 Å².